The van der Waals surface area contributed by atoms with Crippen molar-refractivity contribution < 1.29 is 9.59 Å². The van der Waals surface area contributed by atoms with Crippen molar-refractivity contribution in [2.45, 2.75) is 26.3 Å². The third-order valence-electron chi connectivity index (χ3n) is 1.45. The molecule has 0 N–H and O–H groups in total. The van der Waals surface area contributed by atoms with Gasteiger partial charge in [0.1, 0.15) is 0 Å². The zero-order chi connectivity index (χ0) is 8.15. The molecule has 0 aromatic rings. The standard InChI is InChI=1S/C7H12NO2/c1-4-7(10)8(3)6(2)5-9/h6H,4H2,1-3H3. The lowest BCUT2D eigenvalue weighted by molar-refractivity contribution is -0.130. The minimum atomic E-state index is -0.424. The molecule has 3 nitrogen and oxygen atoms in total. The highest BCUT2D eigenvalue weighted by molar-refractivity contribution is 5.79. The summed E-state index contributed by atoms with van der Waals surface area (Å²) in [6.07, 6.45) is 2.17. The average molecular weight is 142 g/mol. The Morgan fingerprint density at radius 2 is 2.20 bits per heavy atom. The first kappa shape index (κ1) is 9.14. The summed E-state index contributed by atoms with van der Waals surface area (Å²) in [5.41, 5.74) is 0. The van der Waals surface area contributed by atoms with Gasteiger partial charge in [-0.05, 0) is 6.92 Å². The van der Waals surface area contributed by atoms with E-state index in [0.717, 1.165) is 0 Å². The molecule has 0 bridgehead atoms. The van der Waals surface area contributed by atoms with Crippen molar-refractivity contribution in [3.63, 3.8) is 0 Å². The first-order valence-corrected chi connectivity index (χ1v) is 3.26. The first-order valence-electron chi connectivity index (χ1n) is 3.26. The summed E-state index contributed by atoms with van der Waals surface area (Å²) in [5.74, 6) is -0.0316. The van der Waals surface area contributed by atoms with Crippen molar-refractivity contribution >= 4 is 12.2 Å². The highest BCUT2D eigenvalue weighted by Crippen LogP contribution is 1.94. The maximum absolute atomic E-state index is 10.9. The molecular weight excluding hydrogens is 130 g/mol. The summed E-state index contributed by atoms with van der Waals surface area (Å²) in [6, 6.07) is -0.424. The van der Waals surface area contributed by atoms with Gasteiger partial charge in [0.2, 0.25) is 12.2 Å². The van der Waals surface area contributed by atoms with Gasteiger partial charge in [0.25, 0.3) is 0 Å². The molecule has 0 aliphatic rings. The van der Waals surface area contributed by atoms with Crippen LogP contribution in [0.25, 0.3) is 0 Å². The normalized spacial score (nSPS) is 12.3. The van der Waals surface area contributed by atoms with Gasteiger partial charge in [-0.2, -0.15) is 0 Å². The molecule has 0 saturated heterocycles. The molecule has 0 aromatic carbocycles. The molecule has 0 aliphatic heterocycles. The maximum atomic E-state index is 10.9. The molecule has 1 radical (unpaired) electrons. The quantitative estimate of drug-likeness (QED) is 0.570. The highest BCUT2D eigenvalue weighted by atomic mass is 16.2. The molecule has 1 amide bonds. The minimum absolute atomic E-state index is 0.0316. The number of rotatable bonds is 3. The second-order valence-electron chi connectivity index (χ2n) is 2.15. The summed E-state index contributed by atoms with van der Waals surface area (Å²) >= 11 is 0. The van der Waals surface area contributed by atoms with Crippen molar-refractivity contribution in [2.75, 3.05) is 7.05 Å². The van der Waals surface area contributed by atoms with E-state index in [1.54, 1.807) is 27.2 Å². The summed E-state index contributed by atoms with van der Waals surface area (Å²) in [5, 5.41) is 0. The molecule has 1 atom stereocenters. The summed E-state index contributed by atoms with van der Waals surface area (Å²) < 4.78 is 0. The largest absolute Gasteiger partial charge is 0.336 e. The predicted molar refractivity (Wildman–Crippen MR) is 38.2 cm³/mol. The molecule has 10 heavy (non-hydrogen) atoms. The Balaban J connectivity index is 3.93. The van der Waals surface area contributed by atoms with Crippen molar-refractivity contribution in [1.82, 2.24) is 4.90 Å². The fourth-order valence-corrected chi connectivity index (χ4v) is 0.544. The van der Waals surface area contributed by atoms with Crippen LogP contribution in [0, 0.1) is 0 Å². The van der Waals surface area contributed by atoms with E-state index in [1.165, 1.54) is 4.90 Å². The van der Waals surface area contributed by atoms with Gasteiger partial charge in [0.05, 0.1) is 6.04 Å². The lowest BCUT2D eigenvalue weighted by atomic mass is 10.3. The van der Waals surface area contributed by atoms with E-state index in [-0.39, 0.29) is 5.91 Å². The molecular formula is C7H12NO2. The Kier molecular flexibility index (Phi) is 3.69. The van der Waals surface area contributed by atoms with Crippen molar-refractivity contribution in [1.29, 1.82) is 0 Å². The SMILES string of the molecule is CCC(=O)N(C)C(C)[C]=O. The lowest BCUT2D eigenvalue weighted by Crippen LogP contribution is -2.35. The number of carbonyl (C=O) groups excluding carboxylic acids is 2. The topological polar surface area (TPSA) is 37.4 Å². The lowest BCUT2D eigenvalue weighted by Gasteiger charge is -2.18. The zero-order valence-electron chi connectivity index (χ0n) is 6.55. The van der Waals surface area contributed by atoms with Crippen LogP contribution in [0.15, 0.2) is 0 Å². The fourth-order valence-electron chi connectivity index (χ4n) is 0.544. The predicted octanol–water partition coefficient (Wildman–Crippen LogP) is 0.353. The number of hydrogen-bond donors (Lipinski definition) is 0. The van der Waals surface area contributed by atoms with E-state index in [4.69, 9.17) is 0 Å². The molecule has 3 heteroatoms. The van der Waals surface area contributed by atoms with Gasteiger partial charge in [-0.3, -0.25) is 9.59 Å². The third kappa shape index (κ3) is 2.17. The van der Waals surface area contributed by atoms with Gasteiger partial charge in [0.15, 0.2) is 0 Å². The van der Waals surface area contributed by atoms with Crippen LogP contribution in [0.2, 0.25) is 0 Å². The Bertz CT molecular complexity index is 134. The Morgan fingerprint density at radius 1 is 1.70 bits per heavy atom. The van der Waals surface area contributed by atoms with Crippen LogP contribution < -0.4 is 0 Å². The van der Waals surface area contributed by atoms with E-state index in [1.807, 2.05) is 0 Å². The Labute approximate surface area is 61.0 Å². The fraction of sp³-hybridized carbons (Fsp3) is 0.714. The second kappa shape index (κ2) is 4.04. The number of amides is 1. The van der Waals surface area contributed by atoms with Crippen LogP contribution in [0.1, 0.15) is 20.3 Å². The minimum Gasteiger partial charge on any atom is -0.336 e. The maximum Gasteiger partial charge on any atom is 0.222 e. The van der Waals surface area contributed by atoms with Crippen LogP contribution in [0.4, 0.5) is 0 Å². The van der Waals surface area contributed by atoms with Crippen LogP contribution in [0.3, 0.4) is 0 Å². The number of nitrogens with zero attached hydrogens (tertiary/aromatic N) is 1. The Hall–Kier alpha value is -0.860. The molecule has 0 spiro atoms. The van der Waals surface area contributed by atoms with Crippen LogP contribution >= 0.6 is 0 Å². The molecule has 0 saturated carbocycles. The number of hydrogen-bond acceptors (Lipinski definition) is 2. The van der Waals surface area contributed by atoms with Gasteiger partial charge in [-0.15, -0.1) is 0 Å². The van der Waals surface area contributed by atoms with Gasteiger partial charge in [-0.25, -0.2) is 0 Å². The molecule has 57 valence electrons. The van der Waals surface area contributed by atoms with Gasteiger partial charge in [-0.1, -0.05) is 6.92 Å². The molecule has 0 aromatic heterocycles. The molecule has 1 unspecified atom stereocenters. The smallest absolute Gasteiger partial charge is 0.222 e. The van der Waals surface area contributed by atoms with E-state index in [0.29, 0.717) is 6.42 Å². The molecule has 0 aliphatic carbocycles. The van der Waals surface area contributed by atoms with Gasteiger partial charge >= 0.3 is 0 Å². The summed E-state index contributed by atoms with van der Waals surface area (Å²) in [7, 11) is 1.60. The first-order chi connectivity index (χ1) is 4.63. The molecule has 0 heterocycles. The molecule has 0 fully saturated rings. The number of likely N-dealkylation sites (N-methyl/N-ethyl adjacent to an activating group) is 1. The van der Waals surface area contributed by atoms with Crippen LogP contribution in [-0.2, 0) is 9.59 Å². The van der Waals surface area contributed by atoms with Crippen LogP contribution in [-0.4, -0.2) is 30.2 Å². The summed E-state index contributed by atoms with van der Waals surface area (Å²) in [6.45, 7) is 3.40. The van der Waals surface area contributed by atoms with E-state index < -0.39 is 6.04 Å². The van der Waals surface area contributed by atoms with Gasteiger partial charge < -0.3 is 4.90 Å². The van der Waals surface area contributed by atoms with E-state index >= 15 is 0 Å². The van der Waals surface area contributed by atoms with Crippen molar-refractivity contribution in [3.8, 4) is 0 Å². The van der Waals surface area contributed by atoms with E-state index in [2.05, 4.69) is 0 Å². The third-order valence-corrected chi connectivity index (χ3v) is 1.45. The molecule has 0 rings (SSSR count). The summed E-state index contributed by atoms with van der Waals surface area (Å²) in [4.78, 5) is 22.3. The zero-order valence-corrected chi connectivity index (χ0v) is 6.55. The highest BCUT2D eigenvalue weighted by Gasteiger charge is 2.12. The monoisotopic (exact) mass is 142 g/mol. The van der Waals surface area contributed by atoms with E-state index in [9.17, 15) is 9.59 Å². The van der Waals surface area contributed by atoms with Gasteiger partial charge in [0, 0.05) is 13.5 Å². The average Bonchev–Trinajstić information content (AvgIpc) is 2.00. The van der Waals surface area contributed by atoms with Crippen molar-refractivity contribution in [2.24, 2.45) is 0 Å². The van der Waals surface area contributed by atoms with Crippen LogP contribution in [0.5, 0.6) is 0 Å². The second-order valence-corrected chi connectivity index (χ2v) is 2.15. The number of carbonyl (C=O) groups is 1. The Morgan fingerprint density at radius 3 is 2.50 bits per heavy atom. The van der Waals surface area contributed by atoms with Crippen molar-refractivity contribution in [3.05, 3.63) is 0 Å².